The molecule has 0 fully saturated rings. The zero-order valence-corrected chi connectivity index (χ0v) is 9.16. The minimum atomic E-state index is -3.19. The van der Waals surface area contributed by atoms with Crippen molar-refractivity contribution in [1.82, 2.24) is 4.98 Å². The summed E-state index contributed by atoms with van der Waals surface area (Å²) < 4.78 is 23.5. The van der Waals surface area contributed by atoms with Crippen molar-refractivity contribution in [2.45, 2.75) is 11.8 Å². The highest BCUT2D eigenvalue weighted by atomic mass is 32.2. The molecule has 2 aromatic rings. The molecule has 0 unspecified atom stereocenters. The van der Waals surface area contributed by atoms with E-state index in [9.17, 15) is 8.42 Å². The van der Waals surface area contributed by atoms with Gasteiger partial charge in [0.1, 0.15) is 0 Å². The number of hydrogen-bond acceptors (Lipinski definition) is 3. The largest absolute Gasteiger partial charge is 0.255 e. The van der Waals surface area contributed by atoms with Gasteiger partial charge >= 0.3 is 0 Å². The van der Waals surface area contributed by atoms with E-state index in [2.05, 4.69) is 4.98 Å². The molecule has 1 heterocycles. The smallest absolute Gasteiger partial charge is 0.180 e. The van der Waals surface area contributed by atoms with Crippen LogP contribution in [0.1, 0.15) is 6.92 Å². The molecule has 0 saturated carbocycles. The molecule has 2 rings (SSSR count). The highest BCUT2D eigenvalue weighted by Gasteiger charge is 2.15. The summed E-state index contributed by atoms with van der Waals surface area (Å²) in [6.45, 7) is 1.64. The predicted molar refractivity (Wildman–Crippen MR) is 59.5 cm³/mol. The van der Waals surface area contributed by atoms with Crippen LogP contribution in [0.25, 0.3) is 10.9 Å². The summed E-state index contributed by atoms with van der Waals surface area (Å²) in [4.78, 5) is 4.44. The van der Waals surface area contributed by atoms with E-state index in [0.717, 1.165) is 5.39 Å². The molecule has 0 saturated heterocycles. The number of rotatable bonds is 2. The summed E-state index contributed by atoms with van der Waals surface area (Å²) in [5, 5.41) is 0.854. The Labute approximate surface area is 88.7 Å². The maximum absolute atomic E-state index is 11.8. The lowest BCUT2D eigenvalue weighted by Crippen LogP contribution is -2.04. The quantitative estimate of drug-likeness (QED) is 0.779. The Hall–Kier alpha value is -1.42. The van der Waals surface area contributed by atoms with Gasteiger partial charge in [0.25, 0.3) is 0 Å². The van der Waals surface area contributed by atoms with Crippen molar-refractivity contribution < 1.29 is 8.42 Å². The fraction of sp³-hybridized carbons (Fsp3) is 0.182. The lowest BCUT2D eigenvalue weighted by molar-refractivity contribution is 0.598. The number of pyridine rings is 1. The average molecular weight is 221 g/mol. The summed E-state index contributed by atoms with van der Waals surface area (Å²) in [6.07, 6.45) is 1.61. The molecule has 0 atom stereocenters. The zero-order valence-electron chi connectivity index (χ0n) is 8.34. The second-order valence-corrected chi connectivity index (χ2v) is 5.48. The van der Waals surface area contributed by atoms with E-state index in [1.807, 2.05) is 12.1 Å². The molecule has 1 aromatic carbocycles. The number of hydrogen-bond donors (Lipinski definition) is 0. The molecule has 0 spiro atoms. The first-order chi connectivity index (χ1) is 7.15. The van der Waals surface area contributed by atoms with Gasteiger partial charge in [0, 0.05) is 11.6 Å². The van der Waals surface area contributed by atoms with E-state index >= 15 is 0 Å². The highest BCUT2D eigenvalue weighted by molar-refractivity contribution is 7.91. The Bertz CT molecular complexity index is 585. The number of fused-ring (bicyclic) bond motifs is 1. The number of aromatic nitrogens is 1. The van der Waals surface area contributed by atoms with Crippen molar-refractivity contribution in [3.63, 3.8) is 0 Å². The maximum Gasteiger partial charge on any atom is 0.180 e. The first-order valence-corrected chi connectivity index (χ1v) is 6.37. The third-order valence-electron chi connectivity index (χ3n) is 2.31. The average Bonchev–Trinajstić information content (AvgIpc) is 2.28. The minimum Gasteiger partial charge on any atom is -0.255 e. The molecule has 0 radical (unpaired) electrons. The van der Waals surface area contributed by atoms with Crippen LogP contribution in [-0.2, 0) is 9.84 Å². The van der Waals surface area contributed by atoms with Crippen molar-refractivity contribution in [3.05, 3.63) is 36.5 Å². The highest BCUT2D eigenvalue weighted by Crippen LogP contribution is 2.21. The van der Waals surface area contributed by atoms with E-state index in [1.165, 1.54) is 0 Å². The Morgan fingerprint density at radius 3 is 2.67 bits per heavy atom. The second-order valence-electron chi connectivity index (χ2n) is 3.23. The summed E-state index contributed by atoms with van der Waals surface area (Å²) in [5.74, 6) is 0.0999. The van der Waals surface area contributed by atoms with E-state index in [-0.39, 0.29) is 5.75 Å². The standard InChI is InChI=1S/C11H11NO2S/c1-2-15(13,14)10-7-3-5-9-6-4-8-12-11(9)10/h3-8H,2H2,1H3. The molecule has 1 aromatic heterocycles. The molecule has 15 heavy (non-hydrogen) atoms. The van der Waals surface area contributed by atoms with Gasteiger partial charge in [-0.3, -0.25) is 4.98 Å². The molecular weight excluding hydrogens is 210 g/mol. The zero-order chi connectivity index (χ0) is 10.9. The second kappa shape index (κ2) is 3.62. The first kappa shape index (κ1) is 10.1. The summed E-state index contributed by atoms with van der Waals surface area (Å²) >= 11 is 0. The van der Waals surface area contributed by atoms with Crippen LogP contribution in [0, 0.1) is 0 Å². The SMILES string of the molecule is CCS(=O)(=O)c1cccc2cccnc12. The van der Waals surface area contributed by atoms with Gasteiger partial charge in [0.05, 0.1) is 16.2 Å². The normalized spacial score (nSPS) is 11.8. The van der Waals surface area contributed by atoms with Crippen molar-refractivity contribution in [2.24, 2.45) is 0 Å². The number of benzene rings is 1. The molecule has 3 nitrogen and oxygen atoms in total. The van der Waals surface area contributed by atoms with Crippen LogP contribution in [0.2, 0.25) is 0 Å². The van der Waals surface area contributed by atoms with Gasteiger partial charge in [-0.2, -0.15) is 0 Å². The third kappa shape index (κ3) is 1.72. The van der Waals surface area contributed by atoms with Gasteiger partial charge in [-0.1, -0.05) is 25.1 Å². The van der Waals surface area contributed by atoms with E-state index in [4.69, 9.17) is 0 Å². The number of sulfone groups is 1. The van der Waals surface area contributed by atoms with E-state index < -0.39 is 9.84 Å². The summed E-state index contributed by atoms with van der Waals surface area (Å²) in [6, 6.07) is 8.86. The molecule has 0 aliphatic heterocycles. The third-order valence-corrected chi connectivity index (χ3v) is 4.07. The Morgan fingerprint density at radius 1 is 1.20 bits per heavy atom. The van der Waals surface area contributed by atoms with Crippen molar-refractivity contribution in [1.29, 1.82) is 0 Å². The van der Waals surface area contributed by atoms with Crippen LogP contribution >= 0.6 is 0 Å². The maximum atomic E-state index is 11.8. The molecule has 4 heteroatoms. The fourth-order valence-electron chi connectivity index (χ4n) is 1.48. The Morgan fingerprint density at radius 2 is 1.93 bits per heavy atom. The van der Waals surface area contributed by atoms with E-state index in [0.29, 0.717) is 10.4 Å². The van der Waals surface area contributed by atoms with Crippen LogP contribution in [0.5, 0.6) is 0 Å². The summed E-state index contributed by atoms with van der Waals surface area (Å²) in [5.41, 5.74) is 0.557. The lowest BCUT2D eigenvalue weighted by Gasteiger charge is -2.04. The van der Waals surface area contributed by atoms with E-state index in [1.54, 1.807) is 31.3 Å². The van der Waals surface area contributed by atoms with Crippen LogP contribution in [-0.4, -0.2) is 19.2 Å². The molecule has 78 valence electrons. The molecule has 0 amide bonds. The van der Waals surface area contributed by atoms with Gasteiger partial charge < -0.3 is 0 Å². The molecule has 0 aliphatic carbocycles. The van der Waals surface area contributed by atoms with Gasteiger partial charge in [-0.15, -0.1) is 0 Å². The number of para-hydroxylation sites is 1. The van der Waals surface area contributed by atoms with Crippen LogP contribution in [0.3, 0.4) is 0 Å². The lowest BCUT2D eigenvalue weighted by atomic mass is 10.2. The van der Waals surface area contributed by atoms with Gasteiger partial charge in [-0.05, 0) is 12.1 Å². The monoisotopic (exact) mass is 221 g/mol. The van der Waals surface area contributed by atoms with Crippen molar-refractivity contribution in [2.75, 3.05) is 5.75 Å². The van der Waals surface area contributed by atoms with Crippen LogP contribution in [0.15, 0.2) is 41.4 Å². The topological polar surface area (TPSA) is 47.0 Å². The van der Waals surface area contributed by atoms with Crippen LogP contribution in [0.4, 0.5) is 0 Å². The van der Waals surface area contributed by atoms with Crippen molar-refractivity contribution >= 4 is 20.7 Å². The Balaban J connectivity index is 2.83. The molecular formula is C11H11NO2S. The molecule has 0 N–H and O–H groups in total. The van der Waals surface area contributed by atoms with Crippen molar-refractivity contribution in [3.8, 4) is 0 Å². The van der Waals surface area contributed by atoms with Gasteiger partial charge in [-0.25, -0.2) is 8.42 Å². The predicted octanol–water partition coefficient (Wildman–Crippen LogP) is 2.03. The fourth-order valence-corrected chi connectivity index (χ4v) is 2.54. The number of nitrogens with zero attached hydrogens (tertiary/aromatic N) is 1. The van der Waals surface area contributed by atoms with Gasteiger partial charge in [0.2, 0.25) is 0 Å². The summed E-state index contributed by atoms with van der Waals surface area (Å²) in [7, 11) is -3.19. The van der Waals surface area contributed by atoms with Gasteiger partial charge in [0.15, 0.2) is 9.84 Å². The van der Waals surface area contributed by atoms with Crippen LogP contribution < -0.4 is 0 Å². The minimum absolute atomic E-state index is 0.0999. The first-order valence-electron chi connectivity index (χ1n) is 4.71. The molecule has 0 bridgehead atoms. The Kier molecular flexibility index (Phi) is 2.44. The molecule has 0 aliphatic rings.